The van der Waals surface area contributed by atoms with Gasteiger partial charge in [0.15, 0.2) is 0 Å². The Bertz CT molecular complexity index is 388. The highest BCUT2D eigenvalue weighted by molar-refractivity contribution is 9.10. The number of nitrogens with zero attached hydrogens (tertiary/aromatic N) is 1. The Labute approximate surface area is 136 Å². The first-order valence-electron chi connectivity index (χ1n) is 7.85. The van der Waals surface area contributed by atoms with Crippen molar-refractivity contribution in [2.45, 2.75) is 57.5 Å². The van der Waals surface area contributed by atoms with Gasteiger partial charge in [-0.15, -0.1) is 11.3 Å². The Kier molecular flexibility index (Phi) is 7.02. The van der Waals surface area contributed by atoms with Gasteiger partial charge in [-0.25, -0.2) is 0 Å². The van der Waals surface area contributed by atoms with Gasteiger partial charge in [0.1, 0.15) is 0 Å². The maximum absolute atomic E-state index is 3.64. The van der Waals surface area contributed by atoms with E-state index in [1.54, 1.807) is 0 Å². The molecule has 1 atom stereocenters. The molecule has 20 heavy (non-hydrogen) atoms. The first-order valence-corrected chi connectivity index (χ1v) is 9.52. The molecule has 0 saturated heterocycles. The van der Waals surface area contributed by atoms with Crippen LogP contribution in [0.3, 0.4) is 0 Å². The maximum Gasteiger partial charge on any atom is 0.0397 e. The van der Waals surface area contributed by atoms with E-state index in [4.69, 9.17) is 0 Å². The number of thiophene rings is 1. The number of hydrogen-bond acceptors (Lipinski definition) is 3. The molecule has 0 aliphatic heterocycles. The van der Waals surface area contributed by atoms with Gasteiger partial charge in [-0.3, -0.25) is 0 Å². The summed E-state index contributed by atoms with van der Waals surface area (Å²) in [6, 6.07) is 3.42. The van der Waals surface area contributed by atoms with Crippen molar-refractivity contribution in [1.29, 1.82) is 0 Å². The Balaban J connectivity index is 1.62. The van der Waals surface area contributed by atoms with Crippen LogP contribution in [0.5, 0.6) is 0 Å². The highest BCUT2D eigenvalue weighted by Crippen LogP contribution is 2.28. The van der Waals surface area contributed by atoms with Crippen LogP contribution in [-0.4, -0.2) is 31.1 Å². The Hall–Kier alpha value is 0.100. The van der Waals surface area contributed by atoms with Crippen molar-refractivity contribution >= 4 is 27.3 Å². The second-order valence-electron chi connectivity index (χ2n) is 5.93. The number of rotatable bonds is 7. The molecule has 1 saturated carbocycles. The maximum atomic E-state index is 3.64. The van der Waals surface area contributed by atoms with Crippen LogP contribution in [0.4, 0.5) is 0 Å². The van der Waals surface area contributed by atoms with E-state index in [1.165, 1.54) is 54.4 Å². The molecule has 0 amide bonds. The monoisotopic (exact) mass is 358 g/mol. The van der Waals surface area contributed by atoms with Crippen LogP contribution in [0, 0.1) is 0 Å². The summed E-state index contributed by atoms with van der Waals surface area (Å²) in [6.07, 6.45) is 8.35. The van der Waals surface area contributed by atoms with Gasteiger partial charge >= 0.3 is 0 Å². The minimum Gasteiger partial charge on any atom is -0.309 e. The quantitative estimate of drug-likeness (QED) is 0.703. The van der Waals surface area contributed by atoms with E-state index >= 15 is 0 Å². The molecular formula is C16H27BrN2S. The fourth-order valence-electron chi connectivity index (χ4n) is 3.06. The molecule has 1 fully saturated rings. The van der Waals surface area contributed by atoms with Crippen LogP contribution < -0.4 is 5.32 Å². The van der Waals surface area contributed by atoms with E-state index in [1.807, 2.05) is 11.3 Å². The SMILES string of the molecule is CC(NCCCN(C)C1CCCCC1)c1sccc1Br. The topological polar surface area (TPSA) is 15.3 Å². The first-order chi connectivity index (χ1) is 9.68. The number of nitrogens with one attached hydrogen (secondary N) is 1. The van der Waals surface area contributed by atoms with Crippen molar-refractivity contribution in [1.82, 2.24) is 10.2 Å². The fourth-order valence-corrected chi connectivity index (χ4v) is 4.81. The standard InChI is InChI=1S/C16H27BrN2S/c1-13(16-15(17)9-12-20-16)18-10-6-11-19(2)14-7-4-3-5-8-14/h9,12-14,18H,3-8,10-11H2,1-2H3. The molecule has 0 aromatic carbocycles. The predicted molar refractivity (Wildman–Crippen MR) is 92.6 cm³/mol. The molecule has 1 N–H and O–H groups in total. The molecule has 0 spiro atoms. The third-order valence-electron chi connectivity index (χ3n) is 4.37. The van der Waals surface area contributed by atoms with Gasteiger partial charge in [-0.2, -0.15) is 0 Å². The van der Waals surface area contributed by atoms with Crippen molar-refractivity contribution < 1.29 is 0 Å². The third kappa shape index (κ3) is 4.83. The summed E-state index contributed by atoms with van der Waals surface area (Å²) < 4.78 is 1.24. The summed E-state index contributed by atoms with van der Waals surface area (Å²) in [5, 5.41) is 5.79. The molecule has 1 unspecified atom stereocenters. The molecule has 114 valence electrons. The van der Waals surface area contributed by atoms with Crippen LogP contribution >= 0.6 is 27.3 Å². The van der Waals surface area contributed by atoms with Crippen LogP contribution in [0.1, 0.15) is 56.4 Å². The highest BCUT2D eigenvalue weighted by atomic mass is 79.9. The zero-order chi connectivity index (χ0) is 14.4. The van der Waals surface area contributed by atoms with Crippen molar-refractivity contribution in [2.75, 3.05) is 20.1 Å². The van der Waals surface area contributed by atoms with Crippen LogP contribution in [0.25, 0.3) is 0 Å². The fraction of sp³-hybridized carbons (Fsp3) is 0.750. The van der Waals surface area contributed by atoms with Crippen molar-refractivity contribution in [2.24, 2.45) is 0 Å². The Morgan fingerprint density at radius 3 is 2.80 bits per heavy atom. The molecule has 0 radical (unpaired) electrons. The van der Waals surface area contributed by atoms with Gasteiger partial charge in [0.2, 0.25) is 0 Å². The number of hydrogen-bond donors (Lipinski definition) is 1. The van der Waals surface area contributed by atoms with Crippen LogP contribution in [0.2, 0.25) is 0 Å². The second kappa shape index (κ2) is 8.52. The lowest BCUT2D eigenvalue weighted by atomic mass is 9.94. The van der Waals surface area contributed by atoms with Gasteiger partial charge in [-0.05, 0) is 73.7 Å². The molecule has 1 heterocycles. The molecule has 0 bridgehead atoms. The zero-order valence-electron chi connectivity index (χ0n) is 12.7. The summed E-state index contributed by atoms with van der Waals surface area (Å²) >= 11 is 5.44. The van der Waals surface area contributed by atoms with E-state index < -0.39 is 0 Å². The van der Waals surface area contributed by atoms with E-state index in [9.17, 15) is 0 Å². The van der Waals surface area contributed by atoms with Crippen molar-refractivity contribution in [3.05, 3.63) is 20.8 Å². The summed E-state index contributed by atoms with van der Waals surface area (Å²) in [5.41, 5.74) is 0. The van der Waals surface area contributed by atoms with Crippen LogP contribution in [-0.2, 0) is 0 Å². The Morgan fingerprint density at radius 1 is 1.40 bits per heavy atom. The van der Waals surface area contributed by atoms with Gasteiger partial charge in [0.05, 0.1) is 0 Å². The van der Waals surface area contributed by atoms with E-state index in [2.05, 4.69) is 51.6 Å². The summed E-state index contributed by atoms with van der Waals surface area (Å²) in [4.78, 5) is 3.98. The lowest BCUT2D eigenvalue weighted by molar-refractivity contribution is 0.189. The zero-order valence-corrected chi connectivity index (χ0v) is 15.1. The molecule has 1 aliphatic carbocycles. The van der Waals surface area contributed by atoms with Crippen molar-refractivity contribution in [3.63, 3.8) is 0 Å². The molecule has 1 aliphatic rings. The average molecular weight is 359 g/mol. The lowest BCUT2D eigenvalue weighted by Crippen LogP contribution is -2.35. The molecule has 1 aromatic rings. The predicted octanol–water partition coefficient (Wildman–Crippen LogP) is 4.82. The minimum absolute atomic E-state index is 0.448. The van der Waals surface area contributed by atoms with E-state index in [0.717, 1.165) is 12.6 Å². The van der Waals surface area contributed by atoms with E-state index in [0.29, 0.717) is 6.04 Å². The van der Waals surface area contributed by atoms with E-state index in [-0.39, 0.29) is 0 Å². The van der Waals surface area contributed by atoms with Gasteiger partial charge < -0.3 is 10.2 Å². The summed E-state index contributed by atoms with van der Waals surface area (Å²) in [5.74, 6) is 0. The summed E-state index contributed by atoms with van der Waals surface area (Å²) in [6.45, 7) is 4.57. The normalized spacial score (nSPS) is 18.6. The molecule has 1 aromatic heterocycles. The lowest BCUT2D eigenvalue weighted by Gasteiger charge is -2.31. The molecule has 2 rings (SSSR count). The Morgan fingerprint density at radius 2 is 2.15 bits per heavy atom. The summed E-state index contributed by atoms with van der Waals surface area (Å²) in [7, 11) is 2.30. The average Bonchev–Trinajstić information content (AvgIpc) is 2.90. The number of halogens is 1. The van der Waals surface area contributed by atoms with Gasteiger partial charge in [0.25, 0.3) is 0 Å². The van der Waals surface area contributed by atoms with Crippen molar-refractivity contribution in [3.8, 4) is 0 Å². The molecule has 4 heteroatoms. The second-order valence-corrected chi connectivity index (χ2v) is 7.74. The van der Waals surface area contributed by atoms with Gasteiger partial charge in [0, 0.05) is 21.4 Å². The highest BCUT2D eigenvalue weighted by Gasteiger charge is 2.17. The third-order valence-corrected chi connectivity index (χ3v) is 6.43. The molecule has 2 nitrogen and oxygen atoms in total. The minimum atomic E-state index is 0.448. The van der Waals surface area contributed by atoms with Gasteiger partial charge in [-0.1, -0.05) is 19.3 Å². The first kappa shape index (κ1) is 16.5. The smallest absolute Gasteiger partial charge is 0.0397 e. The molecular weight excluding hydrogens is 332 g/mol. The largest absolute Gasteiger partial charge is 0.309 e. The van der Waals surface area contributed by atoms with Crippen LogP contribution in [0.15, 0.2) is 15.9 Å².